The van der Waals surface area contributed by atoms with E-state index in [0.717, 1.165) is 43.5 Å². The lowest BCUT2D eigenvalue weighted by molar-refractivity contribution is 0.580. The number of aromatic amines is 1. The van der Waals surface area contributed by atoms with Crippen molar-refractivity contribution in [2.75, 3.05) is 31.1 Å². The van der Waals surface area contributed by atoms with Gasteiger partial charge in [0.1, 0.15) is 0 Å². The average molecular weight is 249 g/mol. The van der Waals surface area contributed by atoms with Gasteiger partial charge in [0.25, 0.3) is 0 Å². The van der Waals surface area contributed by atoms with Crippen molar-refractivity contribution in [3.8, 4) is 11.4 Å². The first-order chi connectivity index (χ1) is 8.34. The van der Waals surface area contributed by atoms with Crippen molar-refractivity contribution in [3.05, 3.63) is 16.3 Å². The Bertz CT molecular complexity index is 497. The summed E-state index contributed by atoms with van der Waals surface area (Å²) in [5.74, 6) is 1.68. The Labute approximate surface area is 104 Å². The molecule has 17 heavy (non-hydrogen) atoms. The molecule has 1 aliphatic heterocycles. The molecule has 0 atom stereocenters. The minimum absolute atomic E-state index is 0.812. The van der Waals surface area contributed by atoms with Gasteiger partial charge in [-0.05, 0) is 17.9 Å². The highest BCUT2D eigenvalue weighted by atomic mass is 32.1. The minimum atomic E-state index is 0.812. The number of anilines is 1. The van der Waals surface area contributed by atoms with Crippen molar-refractivity contribution in [3.63, 3.8) is 0 Å². The van der Waals surface area contributed by atoms with E-state index < -0.39 is 0 Å². The predicted octanol–water partition coefficient (Wildman–Crippen LogP) is 1.25. The Hall–Kier alpha value is -1.40. The number of piperazine rings is 1. The third kappa shape index (κ3) is 2.05. The number of rotatable bonds is 2. The van der Waals surface area contributed by atoms with Gasteiger partial charge in [-0.15, -0.1) is 5.10 Å². The van der Waals surface area contributed by atoms with Crippen LogP contribution in [0.4, 0.5) is 5.95 Å². The highest BCUT2D eigenvalue weighted by molar-refractivity contribution is 7.08. The van der Waals surface area contributed by atoms with Gasteiger partial charge < -0.3 is 10.2 Å². The van der Waals surface area contributed by atoms with Crippen LogP contribution in [-0.4, -0.2) is 41.4 Å². The fraction of sp³-hybridized carbons (Fsp3) is 0.455. The Morgan fingerprint density at radius 2 is 2.12 bits per heavy atom. The highest BCUT2D eigenvalue weighted by Gasteiger charge is 2.16. The monoisotopic (exact) mass is 249 g/mol. The van der Waals surface area contributed by atoms with Crippen LogP contribution in [0.1, 0.15) is 5.56 Å². The van der Waals surface area contributed by atoms with Gasteiger partial charge in [-0.2, -0.15) is 16.3 Å². The molecule has 0 aliphatic carbocycles. The van der Waals surface area contributed by atoms with E-state index in [1.165, 1.54) is 5.56 Å². The summed E-state index contributed by atoms with van der Waals surface area (Å²) in [7, 11) is 0. The molecule has 2 N–H and O–H groups in total. The van der Waals surface area contributed by atoms with Crippen LogP contribution in [0.2, 0.25) is 0 Å². The van der Waals surface area contributed by atoms with E-state index in [9.17, 15) is 0 Å². The molecule has 90 valence electrons. The maximum atomic E-state index is 4.58. The average Bonchev–Trinajstić information content (AvgIpc) is 2.98. The van der Waals surface area contributed by atoms with Crippen molar-refractivity contribution >= 4 is 17.3 Å². The largest absolute Gasteiger partial charge is 0.337 e. The van der Waals surface area contributed by atoms with Crippen LogP contribution in [0.25, 0.3) is 11.4 Å². The zero-order valence-electron chi connectivity index (χ0n) is 9.73. The molecule has 6 heteroatoms. The van der Waals surface area contributed by atoms with E-state index in [0.29, 0.717) is 0 Å². The summed E-state index contributed by atoms with van der Waals surface area (Å²) in [6, 6.07) is 0. The molecule has 1 aliphatic rings. The Kier molecular flexibility index (Phi) is 2.82. The first-order valence-corrected chi connectivity index (χ1v) is 6.70. The molecular formula is C11H15N5S. The number of aryl methyl sites for hydroxylation is 1. The lowest BCUT2D eigenvalue weighted by Gasteiger charge is -2.25. The molecule has 0 aromatic carbocycles. The fourth-order valence-corrected chi connectivity index (χ4v) is 2.82. The number of nitrogens with one attached hydrogen (secondary N) is 2. The van der Waals surface area contributed by atoms with Crippen LogP contribution < -0.4 is 10.2 Å². The first kappa shape index (κ1) is 10.7. The maximum absolute atomic E-state index is 4.58. The summed E-state index contributed by atoms with van der Waals surface area (Å²) >= 11 is 1.69. The van der Waals surface area contributed by atoms with Gasteiger partial charge in [-0.1, -0.05) is 0 Å². The lowest BCUT2D eigenvalue weighted by atomic mass is 10.2. The molecule has 0 unspecified atom stereocenters. The molecule has 0 bridgehead atoms. The summed E-state index contributed by atoms with van der Waals surface area (Å²) in [6.45, 7) is 6.04. The van der Waals surface area contributed by atoms with Crippen LogP contribution in [0.3, 0.4) is 0 Å². The van der Waals surface area contributed by atoms with Crippen molar-refractivity contribution < 1.29 is 0 Å². The molecule has 2 aromatic rings. The van der Waals surface area contributed by atoms with E-state index in [2.05, 4.69) is 43.1 Å². The SMILES string of the molecule is Cc1cscc1-c1nc(N2CCNCC2)n[nH]1. The van der Waals surface area contributed by atoms with Crippen molar-refractivity contribution in [2.45, 2.75) is 6.92 Å². The molecule has 1 fully saturated rings. The molecule has 1 saturated heterocycles. The topological polar surface area (TPSA) is 56.8 Å². The van der Waals surface area contributed by atoms with Gasteiger partial charge in [0, 0.05) is 37.1 Å². The Morgan fingerprint density at radius 1 is 1.29 bits per heavy atom. The molecule has 0 saturated carbocycles. The summed E-state index contributed by atoms with van der Waals surface area (Å²) in [6.07, 6.45) is 0. The van der Waals surface area contributed by atoms with Gasteiger partial charge >= 0.3 is 0 Å². The number of thiophene rings is 1. The Balaban J connectivity index is 1.85. The number of nitrogens with zero attached hydrogens (tertiary/aromatic N) is 3. The second kappa shape index (κ2) is 4.46. The summed E-state index contributed by atoms with van der Waals surface area (Å²) in [5.41, 5.74) is 2.40. The molecule has 5 nitrogen and oxygen atoms in total. The standard InChI is InChI=1S/C11H15N5S/c1-8-6-17-7-9(8)10-13-11(15-14-10)16-4-2-12-3-5-16/h6-7,12H,2-5H2,1H3,(H,13,14,15). The van der Waals surface area contributed by atoms with Gasteiger partial charge in [-0.3, -0.25) is 5.10 Å². The van der Waals surface area contributed by atoms with Crippen LogP contribution >= 0.6 is 11.3 Å². The maximum Gasteiger partial charge on any atom is 0.245 e. The molecule has 2 aromatic heterocycles. The minimum Gasteiger partial charge on any atom is -0.337 e. The fourth-order valence-electron chi connectivity index (χ4n) is 1.98. The van der Waals surface area contributed by atoms with E-state index in [1.807, 2.05) is 0 Å². The lowest BCUT2D eigenvalue weighted by Crippen LogP contribution is -2.44. The van der Waals surface area contributed by atoms with Gasteiger partial charge in [0.2, 0.25) is 5.95 Å². The van der Waals surface area contributed by atoms with Crippen molar-refractivity contribution in [2.24, 2.45) is 0 Å². The molecule has 0 amide bonds. The van der Waals surface area contributed by atoms with Gasteiger partial charge in [0.15, 0.2) is 5.82 Å². The van der Waals surface area contributed by atoms with Crippen LogP contribution in [0.15, 0.2) is 10.8 Å². The van der Waals surface area contributed by atoms with E-state index >= 15 is 0 Å². The number of H-pyrrole nitrogens is 1. The summed E-state index contributed by atoms with van der Waals surface area (Å²) in [4.78, 5) is 6.78. The normalized spacial score (nSPS) is 16.4. The zero-order chi connectivity index (χ0) is 11.7. The van der Waals surface area contributed by atoms with Gasteiger partial charge in [0.05, 0.1) is 0 Å². The van der Waals surface area contributed by atoms with E-state index in [1.54, 1.807) is 11.3 Å². The second-order valence-corrected chi connectivity index (χ2v) is 4.93. The first-order valence-electron chi connectivity index (χ1n) is 5.76. The Morgan fingerprint density at radius 3 is 2.82 bits per heavy atom. The van der Waals surface area contributed by atoms with Crippen molar-refractivity contribution in [1.29, 1.82) is 0 Å². The molecular weight excluding hydrogens is 234 g/mol. The molecule has 3 heterocycles. The van der Waals surface area contributed by atoms with Crippen LogP contribution in [0, 0.1) is 6.92 Å². The van der Waals surface area contributed by atoms with Crippen LogP contribution in [-0.2, 0) is 0 Å². The highest BCUT2D eigenvalue weighted by Crippen LogP contribution is 2.24. The smallest absolute Gasteiger partial charge is 0.245 e. The van der Waals surface area contributed by atoms with E-state index in [4.69, 9.17) is 0 Å². The summed E-state index contributed by atoms with van der Waals surface area (Å²) < 4.78 is 0. The van der Waals surface area contributed by atoms with Gasteiger partial charge in [-0.25, -0.2) is 0 Å². The number of hydrogen-bond donors (Lipinski definition) is 2. The third-order valence-electron chi connectivity index (χ3n) is 2.98. The van der Waals surface area contributed by atoms with E-state index in [-0.39, 0.29) is 0 Å². The quantitative estimate of drug-likeness (QED) is 0.841. The number of hydrogen-bond acceptors (Lipinski definition) is 5. The second-order valence-electron chi connectivity index (χ2n) is 4.19. The van der Waals surface area contributed by atoms with Crippen LogP contribution in [0.5, 0.6) is 0 Å². The molecule has 0 radical (unpaired) electrons. The third-order valence-corrected chi connectivity index (χ3v) is 3.85. The number of aromatic nitrogens is 3. The zero-order valence-corrected chi connectivity index (χ0v) is 10.5. The molecule has 3 rings (SSSR count). The molecule has 0 spiro atoms. The van der Waals surface area contributed by atoms with Crippen molar-refractivity contribution in [1.82, 2.24) is 20.5 Å². The summed E-state index contributed by atoms with van der Waals surface area (Å²) in [5, 5.41) is 14.9. The predicted molar refractivity (Wildman–Crippen MR) is 69.5 cm³/mol.